The fourth-order valence-corrected chi connectivity index (χ4v) is 2.56. The zero-order chi connectivity index (χ0) is 18.4. The quantitative estimate of drug-likeness (QED) is 0.469. The second kappa shape index (κ2) is 8.15. The van der Waals surface area contributed by atoms with Gasteiger partial charge in [-0.1, -0.05) is 12.1 Å². The number of carbonyl (C=O) groups excluding carboxylic acids is 2. The van der Waals surface area contributed by atoms with Crippen LogP contribution in [-0.4, -0.2) is 35.6 Å². The number of H-pyrrole nitrogens is 1. The number of aryl methyl sites for hydroxylation is 1. The molecule has 0 fully saturated rings. The number of hydrogen-bond donors (Lipinski definition) is 3. The van der Waals surface area contributed by atoms with E-state index < -0.39 is 5.97 Å². The zero-order valence-electron chi connectivity index (χ0n) is 14.4. The minimum Gasteiger partial charge on any atom is -0.465 e. The molecule has 0 radical (unpaired) electrons. The average molecular weight is 352 g/mol. The summed E-state index contributed by atoms with van der Waals surface area (Å²) in [6, 6.07) is 14.1. The van der Waals surface area contributed by atoms with Gasteiger partial charge in [-0.05, 0) is 42.8 Å². The summed E-state index contributed by atoms with van der Waals surface area (Å²) < 4.78 is 4.63. The highest BCUT2D eigenvalue weighted by molar-refractivity contribution is 5.92. The van der Waals surface area contributed by atoms with E-state index in [9.17, 15) is 9.59 Å². The van der Waals surface area contributed by atoms with Crippen LogP contribution in [0.15, 0.2) is 48.5 Å². The van der Waals surface area contributed by atoms with E-state index in [0.29, 0.717) is 17.8 Å². The molecular formula is C19H20N4O3. The van der Waals surface area contributed by atoms with Crippen LogP contribution in [0.2, 0.25) is 0 Å². The Bertz CT molecular complexity index is 870. The van der Waals surface area contributed by atoms with E-state index in [1.54, 1.807) is 24.3 Å². The third-order valence-electron chi connectivity index (χ3n) is 3.88. The number of urea groups is 1. The van der Waals surface area contributed by atoms with Crippen molar-refractivity contribution in [3.63, 3.8) is 0 Å². The van der Waals surface area contributed by atoms with Crippen LogP contribution in [0.5, 0.6) is 0 Å². The van der Waals surface area contributed by atoms with Crippen LogP contribution < -0.4 is 10.6 Å². The fourth-order valence-electron chi connectivity index (χ4n) is 2.56. The van der Waals surface area contributed by atoms with Crippen molar-refractivity contribution in [2.45, 2.75) is 12.8 Å². The molecule has 26 heavy (non-hydrogen) atoms. The number of amides is 2. The monoisotopic (exact) mass is 352 g/mol. The van der Waals surface area contributed by atoms with Crippen molar-refractivity contribution in [3.8, 4) is 0 Å². The van der Waals surface area contributed by atoms with Crippen molar-refractivity contribution < 1.29 is 14.3 Å². The van der Waals surface area contributed by atoms with Gasteiger partial charge in [0.25, 0.3) is 0 Å². The van der Waals surface area contributed by atoms with Crippen LogP contribution in [0.25, 0.3) is 11.0 Å². The summed E-state index contributed by atoms with van der Waals surface area (Å²) >= 11 is 0. The molecule has 0 bridgehead atoms. The summed E-state index contributed by atoms with van der Waals surface area (Å²) in [5.74, 6) is 0.499. The second-order valence-electron chi connectivity index (χ2n) is 5.75. The lowest BCUT2D eigenvalue weighted by Gasteiger charge is -2.07. The van der Waals surface area contributed by atoms with Crippen molar-refractivity contribution in [2.75, 3.05) is 19.0 Å². The molecule has 0 unspecified atom stereocenters. The number of hydrogen-bond acceptors (Lipinski definition) is 4. The first-order valence-corrected chi connectivity index (χ1v) is 8.32. The van der Waals surface area contributed by atoms with Crippen LogP contribution in [0.4, 0.5) is 10.5 Å². The largest absolute Gasteiger partial charge is 0.465 e. The summed E-state index contributed by atoms with van der Waals surface area (Å²) in [5, 5.41) is 5.52. The molecule has 0 aliphatic rings. The van der Waals surface area contributed by atoms with Gasteiger partial charge in [0.15, 0.2) is 0 Å². The van der Waals surface area contributed by atoms with Crippen LogP contribution in [0.1, 0.15) is 22.6 Å². The predicted molar refractivity (Wildman–Crippen MR) is 99.2 cm³/mol. The smallest absolute Gasteiger partial charge is 0.337 e. The lowest BCUT2D eigenvalue weighted by atomic mass is 10.2. The van der Waals surface area contributed by atoms with Crippen molar-refractivity contribution in [2.24, 2.45) is 0 Å². The van der Waals surface area contributed by atoms with Gasteiger partial charge in [0.1, 0.15) is 5.82 Å². The zero-order valence-corrected chi connectivity index (χ0v) is 14.4. The number of ether oxygens (including phenoxy) is 1. The Hall–Kier alpha value is -3.35. The van der Waals surface area contributed by atoms with Gasteiger partial charge >= 0.3 is 12.0 Å². The van der Waals surface area contributed by atoms with Gasteiger partial charge in [0.2, 0.25) is 0 Å². The molecule has 7 nitrogen and oxygen atoms in total. The number of fused-ring (bicyclic) bond motifs is 1. The molecule has 3 rings (SSSR count). The summed E-state index contributed by atoms with van der Waals surface area (Å²) in [4.78, 5) is 31.0. The summed E-state index contributed by atoms with van der Waals surface area (Å²) in [6.45, 7) is 0.531. The van der Waals surface area contributed by atoms with Crippen LogP contribution in [0, 0.1) is 0 Å². The standard InChI is InChI=1S/C19H20N4O3/c1-26-18(24)13-8-10-14(11-9-13)21-19(25)20-12-4-7-17-22-15-5-2-3-6-16(15)23-17/h2-3,5-6,8-11H,4,7,12H2,1H3,(H,22,23)(H2,20,21,25). The molecule has 0 saturated heterocycles. The maximum absolute atomic E-state index is 11.9. The van der Waals surface area contributed by atoms with E-state index in [4.69, 9.17) is 0 Å². The Kier molecular flexibility index (Phi) is 5.48. The Morgan fingerprint density at radius 2 is 1.88 bits per heavy atom. The molecule has 3 aromatic rings. The lowest BCUT2D eigenvalue weighted by molar-refractivity contribution is 0.0600. The Labute approximate surface area is 150 Å². The van der Waals surface area contributed by atoms with Crippen molar-refractivity contribution in [1.82, 2.24) is 15.3 Å². The molecule has 0 aliphatic carbocycles. The molecule has 0 aliphatic heterocycles. The first kappa shape index (κ1) is 17.5. The number of esters is 1. The summed E-state index contributed by atoms with van der Waals surface area (Å²) in [5.41, 5.74) is 3.00. The SMILES string of the molecule is COC(=O)c1ccc(NC(=O)NCCCc2nc3ccccc3[nH]2)cc1. The number of methoxy groups -OCH3 is 1. The number of nitrogens with one attached hydrogen (secondary N) is 3. The number of aromatic nitrogens is 2. The number of para-hydroxylation sites is 2. The predicted octanol–water partition coefficient (Wildman–Crippen LogP) is 3.10. The number of nitrogens with zero attached hydrogens (tertiary/aromatic N) is 1. The van der Waals surface area contributed by atoms with Gasteiger partial charge in [-0.15, -0.1) is 0 Å². The highest BCUT2D eigenvalue weighted by Gasteiger charge is 2.06. The van der Waals surface area contributed by atoms with Gasteiger partial charge in [-0.2, -0.15) is 0 Å². The minimum atomic E-state index is -0.411. The number of rotatable bonds is 6. The highest BCUT2D eigenvalue weighted by atomic mass is 16.5. The number of imidazole rings is 1. The van der Waals surface area contributed by atoms with Crippen molar-refractivity contribution in [3.05, 3.63) is 59.9 Å². The minimum absolute atomic E-state index is 0.291. The normalized spacial score (nSPS) is 10.5. The Morgan fingerprint density at radius 1 is 1.12 bits per heavy atom. The maximum Gasteiger partial charge on any atom is 0.337 e. The average Bonchev–Trinajstić information content (AvgIpc) is 3.08. The molecule has 0 saturated carbocycles. The topological polar surface area (TPSA) is 96.1 Å². The number of benzene rings is 2. The van der Waals surface area contributed by atoms with E-state index in [1.165, 1.54) is 7.11 Å². The number of aromatic amines is 1. The molecule has 2 aromatic carbocycles. The molecule has 134 valence electrons. The third kappa shape index (κ3) is 4.38. The second-order valence-corrected chi connectivity index (χ2v) is 5.75. The van der Waals surface area contributed by atoms with Gasteiger partial charge < -0.3 is 20.4 Å². The van der Waals surface area contributed by atoms with Crippen LogP contribution in [-0.2, 0) is 11.2 Å². The summed E-state index contributed by atoms with van der Waals surface area (Å²) in [7, 11) is 1.33. The molecule has 0 spiro atoms. The lowest BCUT2D eigenvalue weighted by Crippen LogP contribution is -2.29. The highest BCUT2D eigenvalue weighted by Crippen LogP contribution is 2.12. The van der Waals surface area contributed by atoms with Gasteiger partial charge in [-0.3, -0.25) is 0 Å². The molecule has 0 atom stereocenters. The number of carbonyl (C=O) groups is 2. The first-order chi connectivity index (χ1) is 12.7. The molecule has 7 heteroatoms. The number of anilines is 1. The molecule has 3 N–H and O–H groups in total. The van der Waals surface area contributed by atoms with E-state index in [1.807, 2.05) is 24.3 Å². The van der Waals surface area contributed by atoms with Gasteiger partial charge in [0.05, 0.1) is 23.7 Å². The Balaban J connectivity index is 1.42. The first-order valence-electron chi connectivity index (χ1n) is 8.32. The van der Waals surface area contributed by atoms with Crippen LogP contribution >= 0.6 is 0 Å². The van der Waals surface area contributed by atoms with E-state index in [0.717, 1.165) is 29.7 Å². The van der Waals surface area contributed by atoms with E-state index >= 15 is 0 Å². The maximum atomic E-state index is 11.9. The van der Waals surface area contributed by atoms with Gasteiger partial charge in [0, 0.05) is 18.7 Å². The fraction of sp³-hybridized carbons (Fsp3) is 0.211. The van der Waals surface area contributed by atoms with Gasteiger partial charge in [-0.25, -0.2) is 14.6 Å². The van der Waals surface area contributed by atoms with E-state index in [-0.39, 0.29) is 6.03 Å². The van der Waals surface area contributed by atoms with Crippen LogP contribution in [0.3, 0.4) is 0 Å². The third-order valence-corrected chi connectivity index (χ3v) is 3.88. The van der Waals surface area contributed by atoms with Crippen molar-refractivity contribution in [1.29, 1.82) is 0 Å². The molecular weight excluding hydrogens is 332 g/mol. The molecule has 1 aromatic heterocycles. The molecule has 1 heterocycles. The van der Waals surface area contributed by atoms with Crippen molar-refractivity contribution >= 4 is 28.7 Å². The van der Waals surface area contributed by atoms with E-state index in [2.05, 4.69) is 25.3 Å². The molecule has 2 amide bonds. The Morgan fingerprint density at radius 3 is 2.62 bits per heavy atom. The summed E-state index contributed by atoms with van der Waals surface area (Å²) in [6.07, 6.45) is 1.53.